The van der Waals surface area contributed by atoms with Gasteiger partial charge in [-0.15, -0.1) is 6.42 Å². The van der Waals surface area contributed by atoms with Gasteiger partial charge in [0.1, 0.15) is 5.75 Å². The van der Waals surface area contributed by atoms with E-state index >= 15 is 0 Å². The number of aliphatic carboxylic acids is 1. The molecule has 0 aliphatic heterocycles. The number of hydrogen-bond donors (Lipinski definition) is 3. The summed E-state index contributed by atoms with van der Waals surface area (Å²) in [6.07, 6.45) is 5.27. The molecule has 0 bridgehead atoms. The number of terminal acetylenes is 1. The van der Waals surface area contributed by atoms with Crippen LogP contribution >= 0.6 is 0 Å². The van der Waals surface area contributed by atoms with Gasteiger partial charge in [-0.3, -0.25) is 0 Å². The van der Waals surface area contributed by atoms with Gasteiger partial charge in [-0.2, -0.15) is 0 Å². The van der Waals surface area contributed by atoms with Crippen molar-refractivity contribution in [2.75, 3.05) is 11.9 Å². The lowest BCUT2D eigenvalue weighted by molar-refractivity contribution is -0.139. The molecule has 6 heteroatoms. The highest BCUT2D eigenvalue weighted by atomic mass is 16.5. The molecule has 0 heterocycles. The summed E-state index contributed by atoms with van der Waals surface area (Å²) in [5, 5.41) is 13.7. The average Bonchev–Trinajstić information content (AvgIpc) is 2.36. The molecule has 0 saturated carbocycles. The number of benzene rings is 1. The van der Waals surface area contributed by atoms with Crippen molar-refractivity contribution in [1.29, 1.82) is 0 Å². The second kappa shape index (κ2) is 6.48. The molecule has 106 valence electrons. The van der Waals surface area contributed by atoms with E-state index in [0.29, 0.717) is 11.4 Å². The van der Waals surface area contributed by atoms with E-state index in [9.17, 15) is 9.59 Å². The fourth-order valence-electron chi connectivity index (χ4n) is 1.29. The number of carboxylic acid groups (broad SMARTS) is 1. The molecule has 0 aliphatic carbocycles. The Morgan fingerprint density at radius 3 is 2.75 bits per heavy atom. The third kappa shape index (κ3) is 5.31. The van der Waals surface area contributed by atoms with E-state index in [0.717, 1.165) is 0 Å². The molecule has 0 atom stereocenters. The number of carboxylic acids is 1. The first-order valence-electron chi connectivity index (χ1n) is 5.84. The lowest BCUT2D eigenvalue weighted by Crippen LogP contribution is -2.44. The summed E-state index contributed by atoms with van der Waals surface area (Å²) in [7, 11) is 0. The van der Waals surface area contributed by atoms with Gasteiger partial charge in [-0.1, -0.05) is 12.0 Å². The molecule has 0 fully saturated rings. The van der Waals surface area contributed by atoms with Gasteiger partial charge in [-0.25, -0.2) is 9.59 Å². The SMILES string of the molecule is C#CC(C)(C)NC(=O)Nc1cccc(OCC(=O)O)c1. The maximum Gasteiger partial charge on any atom is 0.341 e. The highest BCUT2D eigenvalue weighted by Crippen LogP contribution is 2.17. The number of hydrogen-bond acceptors (Lipinski definition) is 3. The monoisotopic (exact) mass is 276 g/mol. The van der Waals surface area contributed by atoms with E-state index in [-0.39, 0.29) is 0 Å². The Bertz CT molecular complexity index is 546. The van der Waals surface area contributed by atoms with Gasteiger partial charge in [0.15, 0.2) is 6.61 Å². The fourth-order valence-corrected chi connectivity index (χ4v) is 1.29. The summed E-state index contributed by atoms with van der Waals surface area (Å²) < 4.78 is 5.01. The van der Waals surface area contributed by atoms with Gasteiger partial charge in [0.25, 0.3) is 0 Å². The van der Waals surface area contributed by atoms with Crippen molar-refractivity contribution in [3.8, 4) is 18.1 Å². The Hall–Kier alpha value is -2.68. The number of ether oxygens (including phenoxy) is 1. The van der Waals surface area contributed by atoms with E-state index < -0.39 is 24.1 Å². The van der Waals surface area contributed by atoms with Crippen molar-refractivity contribution >= 4 is 17.7 Å². The number of amides is 2. The van der Waals surface area contributed by atoms with Crippen molar-refractivity contribution in [1.82, 2.24) is 5.32 Å². The van der Waals surface area contributed by atoms with E-state index in [1.165, 1.54) is 6.07 Å². The van der Waals surface area contributed by atoms with E-state index in [1.54, 1.807) is 32.0 Å². The number of anilines is 1. The molecule has 1 aromatic rings. The minimum Gasteiger partial charge on any atom is -0.482 e. The topological polar surface area (TPSA) is 87.7 Å². The Morgan fingerprint density at radius 2 is 2.15 bits per heavy atom. The summed E-state index contributed by atoms with van der Waals surface area (Å²) in [6.45, 7) is 2.94. The molecule has 0 aromatic heterocycles. The highest BCUT2D eigenvalue weighted by molar-refractivity contribution is 5.90. The average molecular weight is 276 g/mol. The maximum atomic E-state index is 11.7. The number of nitrogens with one attached hydrogen (secondary N) is 2. The van der Waals surface area contributed by atoms with Crippen molar-refractivity contribution in [2.24, 2.45) is 0 Å². The summed E-state index contributed by atoms with van der Waals surface area (Å²) in [5.41, 5.74) is -0.292. The lowest BCUT2D eigenvalue weighted by atomic mass is 10.1. The Morgan fingerprint density at radius 1 is 1.45 bits per heavy atom. The van der Waals surface area contributed by atoms with Crippen LogP contribution in [0, 0.1) is 12.3 Å². The van der Waals surface area contributed by atoms with Gasteiger partial charge in [0.05, 0.1) is 5.54 Å². The van der Waals surface area contributed by atoms with E-state index in [1.807, 2.05) is 0 Å². The normalized spacial score (nSPS) is 10.2. The van der Waals surface area contributed by atoms with Crippen LogP contribution in [0.3, 0.4) is 0 Å². The first-order valence-corrected chi connectivity index (χ1v) is 5.84. The van der Waals surface area contributed by atoms with Gasteiger partial charge in [-0.05, 0) is 26.0 Å². The second-order valence-corrected chi connectivity index (χ2v) is 4.56. The molecule has 20 heavy (non-hydrogen) atoms. The molecule has 1 aromatic carbocycles. The van der Waals surface area contributed by atoms with Crippen molar-refractivity contribution in [2.45, 2.75) is 19.4 Å². The van der Waals surface area contributed by atoms with Gasteiger partial charge < -0.3 is 20.5 Å². The minimum absolute atomic E-state index is 0.349. The van der Waals surface area contributed by atoms with Crippen LogP contribution < -0.4 is 15.4 Å². The molecular formula is C14H16N2O4. The van der Waals surface area contributed by atoms with E-state index in [4.69, 9.17) is 16.3 Å². The highest BCUT2D eigenvalue weighted by Gasteiger charge is 2.16. The predicted molar refractivity (Wildman–Crippen MR) is 74.6 cm³/mol. The molecule has 0 unspecified atom stereocenters. The molecule has 6 nitrogen and oxygen atoms in total. The third-order valence-electron chi connectivity index (χ3n) is 2.24. The number of rotatable bonds is 5. The smallest absolute Gasteiger partial charge is 0.341 e. The Labute approximate surface area is 117 Å². The first-order chi connectivity index (χ1) is 9.32. The summed E-state index contributed by atoms with van der Waals surface area (Å²) in [5.74, 6) is 1.72. The van der Waals surface area contributed by atoms with Crippen LogP contribution in [0.25, 0.3) is 0 Å². The van der Waals surface area contributed by atoms with Crippen LogP contribution in [0.4, 0.5) is 10.5 Å². The zero-order valence-corrected chi connectivity index (χ0v) is 11.3. The molecular weight excluding hydrogens is 260 g/mol. The standard InChI is InChI=1S/C14H16N2O4/c1-4-14(2,3)16-13(19)15-10-6-5-7-11(8-10)20-9-12(17)18/h1,5-8H,9H2,2-3H3,(H,17,18)(H2,15,16,19). The third-order valence-corrected chi connectivity index (χ3v) is 2.24. The molecule has 0 spiro atoms. The van der Waals surface area contributed by atoms with Crippen molar-refractivity contribution < 1.29 is 19.4 Å². The molecule has 0 saturated heterocycles. The first kappa shape index (κ1) is 15.4. The van der Waals surface area contributed by atoms with Crippen LogP contribution in [0.15, 0.2) is 24.3 Å². The predicted octanol–water partition coefficient (Wildman–Crippen LogP) is 1.68. The number of carbonyl (C=O) groups excluding carboxylic acids is 1. The largest absolute Gasteiger partial charge is 0.482 e. The molecule has 1 rings (SSSR count). The minimum atomic E-state index is -1.07. The number of urea groups is 1. The molecule has 0 radical (unpaired) electrons. The maximum absolute atomic E-state index is 11.7. The summed E-state index contributed by atoms with van der Waals surface area (Å²) in [6, 6.07) is 5.95. The summed E-state index contributed by atoms with van der Waals surface area (Å²) >= 11 is 0. The van der Waals surface area contributed by atoms with Crippen LogP contribution in [0.2, 0.25) is 0 Å². The van der Waals surface area contributed by atoms with Crippen LogP contribution in [0.5, 0.6) is 5.75 Å². The zero-order valence-electron chi connectivity index (χ0n) is 11.3. The van der Waals surface area contributed by atoms with Gasteiger partial charge in [0.2, 0.25) is 0 Å². The Balaban J connectivity index is 2.64. The quantitative estimate of drug-likeness (QED) is 0.714. The lowest BCUT2D eigenvalue weighted by Gasteiger charge is -2.19. The van der Waals surface area contributed by atoms with Gasteiger partial charge in [0, 0.05) is 11.8 Å². The van der Waals surface area contributed by atoms with E-state index in [2.05, 4.69) is 16.6 Å². The number of carbonyl (C=O) groups is 2. The molecule has 2 amide bonds. The van der Waals surface area contributed by atoms with Crippen molar-refractivity contribution in [3.05, 3.63) is 24.3 Å². The fraction of sp³-hybridized carbons (Fsp3) is 0.286. The van der Waals surface area contributed by atoms with Crippen LogP contribution in [-0.2, 0) is 4.79 Å². The van der Waals surface area contributed by atoms with Crippen LogP contribution in [0.1, 0.15) is 13.8 Å². The molecule has 0 aliphatic rings. The zero-order chi connectivity index (χ0) is 15.2. The Kier molecular flexibility index (Phi) is 4.98. The van der Waals surface area contributed by atoms with Crippen LogP contribution in [-0.4, -0.2) is 29.3 Å². The second-order valence-electron chi connectivity index (χ2n) is 4.56. The summed E-state index contributed by atoms with van der Waals surface area (Å²) in [4.78, 5) is 22.1. The van der Waals surface area contributed by atoms with Crippen molar-refractivity contribution in [3.63, 3.8) is 0 Å². The molecule has 3 N–H and O–H groups in total. The van der Waals surface area contributed by atoms with Gasteiger partial charge >= 0.3 is 12.0 Å².